The summed E-state index contributed by atoms with van der Waals surface area (Å²) in [6.45, 7) is -0.148. The Kier molecular flexibility index (Phi) is 4.91. The molecule has 172 valence electrons. The first kappa shape index (κ1) is 21.4. The molecule has 10 heteroatoms. The van der Waals surface area contributed by atoms with Gasteiger partial charge in [0.15, 0.2) is 11.6 Å². The molecule has 5 rings (SSSR count). The van der Waals surface area contributed by atoms with Gasteiger partial charge in [-0.25, -0.2) is 13.6 Å². The number of rotatable bonds is 3. The van der Waals surface area contributed by atoms with E-state index in [0.29, 0.717) is 18.5 Å². The normalized spacial score (nSPS) is 21.7. The standard InChI is InChI=1S/C23H18F5N3O2/c24-18-5-6-19-17(21(18)25)10-30(22(33)29-19)11-20(32)31-9-13-7-15(31)8-16(13)12-1-3-14(4-2-12)23(26,27)28/h1-6,8,13,15H,7,9-11H2,(H,29,33)/t13-,15-/m1/s1. The lowest BCUT2D eigenvalue weighted by molar-refractivity contribution is -0.137. The van der Waals surface area contributed by atoms with Crippen molar-refractivity contribution >= 4 is 23.2 Å². The molecule has 0 unspecified atom stereocenters. The fraction of sp³-hybridized carbons (Fsp3) is 0.304. The quantitative estimate of drug-likeness (QED) is 0.675. The van der Waals surface area contributed by atoms with Gasteiger partial charge in [0.05, 0.1) is 23.8 Å². The Hall–Kier alpha value is -3.43. The molecule has 3 amide bonds. The van der Waals surface area contributed by atoms with Gasteiger partial charge in [0.1, 0.15) is 6.54 Å². The Labute approximate surface area is 185 Å². The van der Waals surface area contributed by atoms with E-state index in [1.165, 1.54) is 18.2 Å². The molecule has 1 N–H and O–H groups in total. The van der Waals surface area contributed by atoms with E-state index in [4.69, 9.17) is 0 Å². The second-order valence-corrected chi connectivity index (χ2v) is 8.42. The number of urea groups is 1. The molecule has 1 fully saturated rings. The van der Waals surface area contributed by atoms with E-state index >= 15 is 0 Å². The molecule has 2 heterocycles. The summed E-state index contributed by atoms with van der Waals surface area (Å²) in [5, 5.41) is 2.47. The van der Waals surface area contributed by atoms with E-state index in [0.717, 1.165) is 28.7 Å². The molecule has 0 saturated carbocycles. The number of halogens is 5. The predicted molar refractivity (Wildman–Crippen MR) is 109 cm³/mol. The lowest BCUT2D eigenvalue weighted by Gasteiger charge is -2.32. The number of alkyl halides is 3. The predicted octanol–water partition coefficient (Wildman–Crippen LogP) is 4.65. The van der Waals surface area contributed by atoms with E-state index in [-0.39, 0.29) is 42.2 Å². The minimum atomic E-state index is -4.40. The highest BCUT2D eigenvalue weighted by atomic mass is 19.4. The fourth-order valence-corrected chi connectivity index (χ4v) is 4.77. The summed E-state index contributed by atoms with van der Waals surface area (Å²) in [7, 11) is 0. The van der Waals surface area contributed by atoms with Gasteiger partial charge in [0, 0.05) is 18.0 Å². The highest BCUT2D eigenvalue weighted by Gasteiger charge is 2.42. The zero-order chi connectivity index (χ0) is 23.5. The topological polar surface area (TPSA) is 52.7 Å². The first-order chi connectivity index (χ1) is 15.6. The lowest BCUT2D eigenvalue weighted by atomic mass is 9.94. The maximum Gasteiger partial charge on any atom is 0.416 e. The minimum Gasteiger partial charge on any atom is -0.334 e. The Morgan fingerprint density at radius 3 is 2.45 bits per heavy atom. The highest BCUT2D eigenvalue weighted by Crippen LogP contribution is 2.43. The van der Waals surface area contributed by atoms with Crippen molar-refractivity contribution in [2.45, 2.75) is 25.2 Å². The molecule has 0 aromatic heterocycles. The third-order valence-electron chi connectivity index (χ3n) is 6.42. The second-order valence-electron chi connectivity index (χ2n) is 8.42. The van der Waals surface area contributed by atoms with Crippen LogP contribution in [-0.2, 0) is 17.5 Å². The van der Waals surface area contributed by atoms with Gasteiger partial charge in [-0.2, -0.15) is 13.2 Å². The van der Waals surface area contributed by atoms with Crippen molar-refractivity contribution in [3.63, 3.8) is 0 Å². The van der Waals surface area contributed by atoms with Crippen LogP contribution >= 0.6 is 0 Å². The molecule has 2 atom stereocenters. The van der Waals surface area contributed by atoms with Crippen molar-refractivity contribution in [3.8, 4) is 0 Å². The van der Waals surface area contributed by atoms with Crippen LogP contribution < -0.4 is 5.32 Å². The summed E-state index contributed by atoms with van der Waals surface area (Å²) in [5.74, 6) is -2.44. The Morgan fingerprint density at radius 2 is 1.82 bits per heavy atom. The molecule has 33 heavy (non-hydrogen) atoms. The number of nitrogens with zero attached hydrogens (tertiary/aromatic N) is 2. The smallest absolute Gasteiger partial charge is 0.334 e. The summed E-state index contributed by atoms with van der Waals surface area (Å²) in [5.41, 5.74) is 1.03. The summed E-state index contributed by atoms with van der Waals surface area (Å²) in [4.78, 5) is 28.0. The fourth-order valence-electron chi connectivity index (χ4n) is 4.77. The third-order valence-corrected chi connectivity index (χ3v) is 6.42. The number of likely N-dealkylation sites (tertiary alicyclic amines) is 1. The monoisotopic (exact) mass is 463 g/mol. The Morgan fingerprint density at radius 1 is 1.09 bits per heavy atom. The van der Waals surface area contributed by atoms with Crippen LogP contribution in [0.25, 0.3) is 5.57 Å². The Balaban J connectivity index is 1.28. The number of anilines is 1. The number of carbonyl (C=O) groups excluding carboxylic acids is 2. The number of nitrogens with one attached hydrogen (secondary N) is 1. The number of carbonyl (C=O) groups is 2. The van der Waals surface area contributed by atoms with Crippen LogP contribution in [0.5, 0.6) is 0 Å². The van der Waals surface area contributed by atoms with Crippen LogP contribution in [0.1, 0.15) is 23.1 Å². The van der Waals surface area contributed by atoms with Gasteiger partial charge in [-0.1, -0.05) is 18.2 Å². The van der Waals surface area contributed by atoms with Crippen molar-refractivity contribution in [2.75, 3.05) is 18.4 Å². The molecule has 1 saturated heterocycles. The van der Waals surface area contributed by atoms with Gasteiger partial charge >= 0.3 is 12.2 Å². The number of hydrogen-bond acceptors (Lipinski definition) is 2. The maximum atomic E-state index is 14.1. The number of benzene rings is 2. The van der Waals surface area contributed by atoms with Gasteiger partial charge in [0.2, 0.25) is 5.91 Å². The van der Waals surface area contributed by atoms with Gasteiger partial charge in [-0.3, -0.25) is 4.79 Å². The SMILES string of the molecule is O=C1Nc2ccc(F)c(F)c2CN1CC(=O)N1C[C@H]2C[C@@H]1C=C2c1ccc(C(F)(F)F)cc1. The number of hydrogen-bond donors (Lipinski definition) is 1. The third kappa shape index (κ3) is 3.73. The molecule has 2 aliphatic heterocycles. The average molecular weight is 463 g/mol. The first-order valence-corrected chi connectivity index (χ1v) is 10.3. The van der Waals surface area contributed by atoms with Crippen LogP contribution in [0, 0.1) is 17.6 Å². The maximum absolute atomic E-state index is 14.1. The van der Waals surface area contributed by atoms with E-state index in [1.54, 1.807) is 4.90 Å². The van der Waals surface area contributed by atoms with Crippen molar-refractivity contribution in [1.29, 1.82) is 0 Å². The van der Waals surface area contributed by atoms with Gasteiger partial charge in [-0.15, -0.1) is 0 Å². The van der Waals surface area contributed by atoms with Crippen molar-refractivity contribution in [2.24, 2.45) is 5.92 Å². The van der Waals surface area contributed by atoms with Gasteiger partial charge in [0.25, 0.3) is 0 Å². The van der Waals surface area contributed by atoms with Gasteiger partial charge < -0.3 is 15.1 Å². The molecule has 5 nitrogen and oxygen atoms in total. The van der Waals surface area contributed by atoms with Crippen LogP contribution in [0.3, 0.4) is 0 Å². The minimum absolute atomic E-state index is 0.0156. The summed E-state index contributed by atoms with van der Waals surface area (Å²) >= 11 is 0. The molecule has 2 aromatic rings. The molecule has 3 aliphatic rings. The van der Waals surface area contributed by atoms with Crippen LogP contribution in [0.4, 0.5) is 32.4 Å². The molecule has 1 aliphatic carbocycles. The summed E-state index contributed by atoms with van der Waals surface area (Å²) < 4.78 is 66.1. The van der Waals surface area contributed by atoms with Gasteiger partial charge in [-0.05, 0) is 41.8 Å². The van der Waals surface area contributed by atoms with E-state index in [2.05, 4.69) is 5.32 Å². The molecular weight excluding hydrogens is 445 g/mol. The van der Waals surface area contributed by atoms with Crippen LogP contribution in [0.15, 0.2) is 42.5 Å². The zero-order valence-electron chi connectivity index (χ0n) is 17.1. The van der Waals surface area contributed by atoms with Crippen molar-refractivity contribution in [3.05, 3.63) is 70.8 Å². The van der Waals surface area contributed by atoms with Crippen LogP contribution in [0.2, 0.25) is 0 Å². The molecular formula is C23H18F5N3O2. The summed E-state index contributed by atoms with van der Waals surface area (Å²) in [6, 6.07) is 6.35. The average Bonchev–Trinajstić information content (AvgIpc) is 3.38. The number of amides is 3. The number of fused-ring (bicyclic) bond motifs is 3. The molecule has 0 spiro atoms. The van der Waals surface area contributed by atoms with Crippen molar-refractivity contribution in [1.82, 2.24) is 9.80 Å². The highest BCUT2D eigenvalue weighted by molar-refractivity contribution is 5.95. The second kappa shape index (κ2) is 7.57. The first-order valence-electron chi connectivity index (χ1n) is 10.3. The van der Waals surface area contributed by atoms with Crippen molar-refractivity contribution < 1.29 is 31.5 Å². The van der Waals surface area contributed by atoms with E-state index in [9.17, 15) is 31.5 Å². The lowest BCUT2D eigenvalue weighted by Crippen LogP contribution is -2.47. The largest absolute Gasteiger partial charge is 0.416 e. The molecule has 0 radical (unpaired) electrons. The molecule has 2 aromatic carbocycles. The van der Waals surface area contributed by atoms with E-state index in [1.807, 2.05) is 6.08 Å². The zero-order valence-corrected chi connectivity index (χ0v) is 17.1. The van der Waals surface area contributed by atoms with E-state index < -0.39 is 29.4 Å². The molecule has 2 bridgehead atoms. The Bertz CT molecular complexity index is 1180. The summed E-state index contributed by atoms with van der Waals surface area (Å²) in [6.07, 6.45) is -1.88. The van der Waals surface area contributed by atoms with Crippen LogP contribution in [-0.4, -0.2) is 40.9 Å².